The molecule has 1 aliphatic heterocycles. The first-order valence-corrected chi connectivity index (χ1v) is 8.74. The largest absolute Gasteiger partial charge is 0.324 e. The summed E-state index contributed by atoms with van der Waals surface area (Å²) < 4.78 is 1.89. The predicted molar refractivity (Wildman–Crippen MR) is 87.8 cm³/mol. The second-order valence-corrected chi connectivity index (χ2v) is 7.49. The van der Waals surface area contributed by atoms with Crippen LogP contribution in [0.15, 0.2) is 27.1 Å². The van der Waals surface area contributed by atoms with E-state index in [1.165, 1.54) is 25.7 Å². The molecule has 0 aromatic heterocycles. The molecule has 5 heteroatoms. The number of fused-ring (bicyclic) bond motifs is 1. The molecule has 1 saturated heterocycles. The Balaban J connectivity index is 1.65. The van der Waals surface area contributed by atoms with Gasteiger partial charge in [0.05, 0.1) is 11.7 Å². The van der Waals surface area contributed by atoms with E-state index in [1.807, 2.05) is 18.2 Å². The van der Waals surface area contributed by atoms with Gasteiger partial charge in [-0.3, -0.25) is 4.79 Å². The van der Waals surface area contributed by atoms with Gasteiger partial charge in [-0.2, -0.15) is 0 Å². The van der Waals surface area contributed by atoms with Gasteiger partial charge in [0.2, 0.25) is 5.91 Å². The fourth-order valence-electron chi connectivity index (χ4n) is 3.33. The van der Waals surface area contributed by atoms with Crippen molar-refractivity contribution in [1.82, 2.24) is 5.32 Å². The van der Waals surface area contributed by atoms with Gasteiger partial charge in [0.1, 0.15) is 0 Å². The minimum Gasteiger partial charge on any atom is -0.324 e. The highest BCUT2D eigenvalue weighted by atomic mass is 79.9. The van der Waals surface area contributed by atoms with Crippen LogP contribution < -0.4 is 10.6 Å². The van der Waals surface area contributed by atoms with Gasteiger partial charge in [-0.05, 0) is 59.3 Å². The molecule has 3 rings (SSSR count). The maximum Gasteiger partial charge on any atom is 0.241 e. The van der Waals surface area contributed by atoms with Gasteiger partial charge in [0, 0.05) is 15.0 Å². The lowest BCUT2D eigenvalue weighted by molar-refractivity contribution is -0.117. The monoisotopic (exact) mass is 400 g/mol. The molecule has 108 valence electrons. The summed E-state index contributed by atoms with van der Waals surface area (Å²) in [6, 6.07) is 6.29. The summed E-state index contributed by atoms with van der Waals surface area (Å²) in [5.41, 5.74) is 0.829. The zero-order valence-corrected chi connectivity index (χ0v) is 14.3. The van der Waals surface area contributed by atoms with Gasteiger partial charge in [0.25, 0.3) is 0 Å². The molecule has 1 aromatic rings. The maximum absolute atomic E-state index is 12.4. The summed E-state index contributed by atoms with van der Waals surface area (Å²) in [5, 5.41) is 6.53. The van der Waals surface area contributed by atoms with E-state index in [4.69, 9.17) is 0 Å². The first-order chi connectivity index (χ1) is 9.63. The van der Waals surface area contributed by atoms with Crippen molar-refractivity contribution in [3.05, 3.63) is 27.1 Å². The third kappa shape index (κ3) is 3.10. The zero-order valence-electron chi connectivity index (χ0n) is 11.2. The van der Waals surface area contributed by atoms with Gasteiger partial charge in [-0.25, -0.2) is 0 Å². The molecular weight excluding hydrogens is 384 g/mol. The minimum atomic E-state index is -0.0429. The Hall–Kier alpha value is -0.390. The average molecular weight is 402 g/mol. The molecule has 3 unspecified atom stereocenters. The lowest BCUT2D eigenvalue weighted by atomic mass is 9.85. The molecule has 1 amide bonds. The van der Waals surface area contributed by atoms with Crippen LogP contribution in [0.1, 0.15) is 32.1 Å². The number of nitrogens with one attached hydrogen (secondary N) is 2. The molecule has 1 heterocycles. The van der Waals surface area contributed by atoms with Crippen LogP contribution in [0.5, 0.6) is 0 Å². The molecule has 2 fully saturated rings. The van der Waals surface area contributed by atoms with E-state index in [9.17, 15) is 4.79 Å². The van der Waals surface area contributed by atoms with E-state index in [-0.39, 0.29) is 11.9 Å². The Morgan fingerprint density at radius 1 is 1.25 bits per heavy atom. The normalized spacial score (nSPS) is 29.0. The van der Waals surface area contributed by atoms with E-state index in [2.05, 4.69) is 42.5 Å². The van der Waals surface area contributed by atoms with Crippen LogP contribution in [-0.2, 0) is 4.79 Å². The van der Waals surface area contributed by atoms with Crippen molar-refractivity contribution in [2.45, 2.75) is 44.2 Å². The van der Waals surface area contributed by atoms with Crippen molar-refractivity contribution in [2.75, 3.05) is 5.32 Å². The highest BCUT2D eigenvalue weighted by Crippen LogP contribution is 2.34. The number of hydrogen-bond acceptors (Lipinski definition) is 2. The van der Waals surface area contributed by atoms with Crippen molar-refractivity contribution in [3.63, 3.8) is 0 Å². The van der Waals surface area contributed by atoms with Crippen molar-refractivity contribution in [1.29, 1.82) is 0 Å². The van der Waals surface area contributed by atoms with Crippen LogP contribution in [0.2, 0.25) is 0 Å². The highest BCUT2D eigenvalue weighted by Gasteiger charge is 2.38. The fourth-order valence-corrected chi connectivity index (χ4v) is 4.48. The van der Waals surface area contributed by atoms with E-state index >= 15 is 0 Å². The zero-order chi connectivity index (χ0) is 14.1. The molecule has 3 atom stereocenters. The summed E-state index contributed by atoms with van der Waals surface area (Å²) in [4.78, 5) is 12.4. The summed E-state index contributed by atoms with van der Waals surface area (Å²) in [6.07, 6.45) is 6.07. The second-order valence-electron chi connectivity index (χ2n) is 5.72. The standard InChI is InChI=1S/C15H18Br2N2O/c16-10-5-6-13(11(17)8-10)19-15(20)14-7-9-3-1-2-4-12(9)18-14/h5-6,8-9,12,14,18H,1-4,7H2,(H,19,20). The van der Waals surface area contributed by atoms with E-state index in [0.717, 1.165) is 21.1 Å². The van der Waals surface area contributed by atoms with Crippen molar-refractivity contribution < 1.29 is 4.79 Å². The Bertz CT molecular complexity index is 507. The van der Waals surface area contributed by atoms with Crippen molar-refractivity contribution >= 4 is 43.5 Å². The lowest BCUT2D eigenvalue weighted by Crippen LogP contribution is -2.39. The Labute approximate surface area is 136 Å². The minimum absolute atomic E-state index is 0.0429. The van der Waals surface area contributed by atoms with Gasteiger partial charge in [0.15, 0.2) is 0 Å². The topological polar surface area (TPSA) is 41.1 Å². The molecule has 2 N–H and O–H groups in total. The van der Waals surface area contributed by atoms with Gasteiger partial charge in [-0.1, -0.05) is 28.8 Å². The second kappa shape index (κ2) is 6.16. The van der Waals surface area contributed by atoms with Gasteiger partial charge >= 0.3 is 0 Å². The summed E-state index contributed by atoms with van der Waals surface area (Å²) >= 11 is 6.90. The molecule has 1 saturated carbocycles. The number of carbonyl (C=O) groups is 1. The van der Waals surface area contributed by atoms with Crippen LogP contribution in [-0.4, -0.2) is 18.0 Å². The van der Waals surface area contributed by atoms with Crippen LogP contribution in [0, 0.1) is 5.92 Å². The molecule has 1 aliphatic carbocycles. The third-order valence-electron chi connectivity index (χ3n) is 4.37. The molecule has 1 aromatic carbocycles. The van der Waals surface area contributed by atoms with E-state index in [1.54, 1.807) is 0 Å². The molecule has 20 heavy (non-hydrogen) atoms. The molecule has 0 bridgehead atoms. The quantitative estimate of drug-likeness (QED) is 0.784. The number of carbonyl (C=O) groups excluding carboxylic acids is 1. The van der Waals surface area contributed by atoms with Crippen LogP contribution in [0.25, 0.3) is 0 Å². The maximum atomic E-state index is 12.4. The Morgan fingerprint density at radius 3 is 2.80 bits per heavy atom. The first-order valence-electron chi connectivity index (χ1n) is 7.15. The van der Waals surface area contributed by atoms with Gasteiger partial charge < -0.3 is 10.6 Å². The number of amides is 1. The SMILES string of the molecule is O=C(Nc1ccc(Br)cc1Br)C1CC2CCCCC2N1. The third-order valence-corrected chi connectivity index (χ3v) is 5.52. The van der Waals surface area contributed by atoms with E-state index < -0.39 is 0 Å². The van der Waals surface area contributed by atoms with Crippen molar-refractivity contribution in [2.24, 2.45) is 5.92 Å². The smallest absolute Gasteiger partial charge is 0.241 e. The lowest BCUT2D eigenvalue weighted by Gasteiger charge is -2.24. The van der Waals surface area contributed by atoms with E-state index in [0.29, 0.717) is 12.0 Å². The molecule has 0 spiro atoms. The fraction of sp³-hybridized carbons (Fsp3) is 0.533. The molecule has 3 nitrogen and oxygen atoms in total. The molecule has 2 aliphatic rings. The van der Waals surface area contributed by atoms with Crippen molar-refractivity contribution in [3.8, 4) is 0 Å². The number of halogens is 2. The number of hydrogen-bond donors (Lipinski definition) is 2. The van der Waals surface area contributed by atoms with Crippen LogP contribution in [0.4, 0.5) is 5.69 Å². The number of benzene rings is 1. The summed E-state index contributed by atoms with van der Waals surface area (Å²) in [6.45, 7) is 0. The predicted octanol–water partition coefficient (Wildman–Crippen LogP) is 4.07. The number of anilines is 1. The van der Waals surface area contributed by atoms with Crippen LogP contribution >= 0.6 is 31.9 Å². The van der Waals surface area contributed by atoms with Crippen LogP contribution in [0.3, 0.4) is 0 Å². The summed E-state index contributed by atoms with van der Waals surface area (Å²) in [7, 11) is 0. The summed E-state index contributed by atoms with van der Waals surface area (Å²) in [5.74, 6) is 0.773. The molecular formula is C15H18Br2N2O. The number of rotatable bonds is 2. The Morgan fingerprint density at radius 2 is 2.05 bits per heavy atom. The van der Waals surface area contributed by atoms with Gasteiger partial charge in [-0.15, -0.1) is 0 Å². The first kappa shape index (κ1) is 14.5. The average Bonchev–Trinajstić information content (AvgIpc) is 2.86. The Kier molecular flexibility index (Phi) is 4.48. The molecule has 0 radical (unpaired) electrons. The highest BCUT2D eigenvalue weighted by molar-refractivity contribution is 9.11.